The van der Waals surface area contributed by atoms with Crippen LogP contribution in [0, 0.1) is 0 Å². The van der Waals surface area contributed by atoms with E-state index in [1.54, 1.807) is 0 Å². The van der Waals surface area contributed by atoms with E-state index < -0.39 is 0 Å². The molecule has 124 valence electrons. The van der Waals surface area contributed by atoms with Crippen LogP contribution in [0.4, 0.5) is 0 Å². The summed E-state index contributed by atoms with van der Waals surface area (Å²) in [7, 11) is 0. The van der Waals surface area contributed by atoms with Crippen molar-refractivity contribution in [3.63, 3.8) is 0 Å². The fraction of sp³-hybridized carbons (Fsp3) is 0.200. The van der Waals surface area contributed by atoms with Gasteiger partial charge in [-0.1, -0.05) is 98.8 Å². The van der Waals surface area contributed by atoms with Crippen LogP contribution >= 0.6 is 0 Å². The highest BCUT2D eigenvalue weighted by Gasteiger charge is 2.22. The van der Waals surface area contributed by atoms with Crippen molar-refractivity contribution in [2.75, 3.05) is 0 Å². The van der Waals surface area contributed by atoms with Gasteiger partial charge in [0.2, 0.25) is 0 Å². The molecule has 0 N–H and O–H groups in total. The second kappa shape index (κ2) is 6.72. The van der Waals surface area contributed by atoms with Gasteiger partial charge in [0.1, 0.15) is 0 Å². The molecule has 0 aliphatic rings. The minimum Gasteiger partial charge on any atom is -0.0648 e. The molecule has 0 spiro atoms. The van der Waals surface area contributed by atoms with Gasteiger partial charge in [0.25, 0.3) is 0 Å². The molecule has 0 saturated heterocycles. The molecule has 0 amide bonds. The van der Waals surface area contributed by atoms with Crippen molar-refractivity contribution in [1.82, 2.24) is 0 Å². The summed E-state index contributed by atoms with van der Waals surface area (Å²) < 4.78 is 0. The molecule has 25 heavy (non-hydrogen) atoms. The van der Waals surface area contributed by atoms with E-state index in [2.05, 4.69) is 98.8 Å². The molecule has 4 aromatic carbocycles. The minimum absolute atomic E-state index is 0.474. The molecule has 2 unspecified atom stereocenters. The summed E-state index contributed by atoms with van der Waals surface area (Å²) in [6.45, 7) is 4.70. The standard InChI is InChI=1S/C25H24/c1-3-21(25-17-9-13-20-11-5-7-15-24(20)25)18(2)22-16-8-12-19-10-4-6-14-23(19)22/h4-18,21H,3H2,1-2H3. The number of benzene rings is 4. The van der Waals surface area contributed by atoms with Gasteiger partial charge < -0.3 is 0 Å². The van der Waals surface area contributed by atoms with Gasteiger partial charge in [-0.25, -0.2) is 0 Å². The SMILES string of the molecule is CCC(c1cccc2ccccc12)C(C)c1cccc2ccccc12. The Kier molecular flexibility index (Phi) is 4.28. The maximum Gasteiger partial charge on any atom is -0.00920 e. The Morgan fingerprint density at radius 1 is 0.600 bits per heavy atom. The van der Waals surface area contributed by atoms with E-state index >= 15 is 0 Å². The first kappa shape index (κ1) is 15.9. The van der Waals surface area contributed by atoms with Crippen LogP contribution in [0.3, 0.4) is 0 Å². The Balaban J connectivity index is 1.85. The molecule has 0 bridgehead atoms. The van der Waals surface area contributed by atoms with Crippen molar-refractivity contribution >= 4 is 21.5 Å². The molecule has 0 fully saturated rings. The molecule has 0 radical (unpaired) electrons. The van der Waals surface area contributed by atoms with Crippen molar-refractivity contribution in [2.24, 2.45) is 0 Å². The zero-order valence-electron chi connectivity index (χ0n) is 14.9. The molecule has 0 aromatic heterocycles. The third kappa shape index (κ3) is 2.82. The summed E-state index contributed by atoms with van der Waals surface area (Å²) in [5, 5.41) is 5.45. The van der Waals surface area contributed by atoms with Gasteiger partial charge in [0, 0.05) is 0 Å². The Labute approximate surface area is 150 Å². The summed E-state index contributed by atoms with van der Waals surface area (Å²) in [4.78, 5) is 0. The van der Waals surface area contributed by atoms with Crippen LogP contribution in [-0.4, -0.2) is 0 Å². The lowest BCUT2D eigenvalue weighted by Crippen LogP contribution is -2.09. The fourth-order valence-electron chi connectivity index (χ4n) is 4.28. The van der Waals surface area contributed by atoms with Crippen LogP contribution in [0.15, 0.2) is 84.9 Å². The van der Waals surface area contributed by atoms with E-state index in [1.165, 1.54) is 32.7 Å². The predicted molar refractivity (Wildman–Crippen MR) is 109 cm³/mol. The number of hydrogen-bond donors (Lipinski definition) is 0. The third-order valence-corrected chi connectivity index (χ3v) is 5.58. The molecular formula is C25H24. The highest BCUT2D eigenvalue weighted by atomic mass is 14.3. The Hall–Kier alpha value is -2.60. The monoisotopic (exact) mass is 324 g/mol. The molecule has 0 heterocycles. The van der Waals surface area contributed by atoms with Crippen LogP contribution in [0.5, 0.6) is 0 Å². The zero-order chi connectivity index (χ0) is 17.2. The summed E-state index contributed by atoms with van der Waals surface area (Å²) in [5.41, 5.74) is 2.93. The maximum absolute atomic E-state index is 2.39. The normalized spacial score (nSPS) is 13.8. The zero-order valence-corrected chi connectivity index (χ0v) is 14.9. The molecule has 0 saturated carbocycles. The molecule has 4 aromatic rings. The van der Waals surface area contributed by atoms with Gasteiger partial charge in [0.05, 0.1) is 0 Å². The van der Waals surface area contributed by atoms with Gasteiger partial charge in [-0.15, -0.1) is 0 Å². The van der Waals surface area contributed by atoms with Crippen LogP contribution in [0.1, 0.15) is 43.2 Å². The van der Waals surface area contributed by atoms with Crippen molar-refractivity contribution in [3.05, 3.63) is 96.1 Å². The van der Waals surface area contributed by atoms with E-state index in [9.17, 15) is 0 Å². The van der Waals surface area contributed by atoms with E-state index in [0.717, 1.165) is 6.42 Å². The largest absolute Gasteiger partial charge is 0.0648 e. The Morgan fingerprint density at radius 2 is 1.08 bits per heavy atom. The smallest absolute Gasteiger partial charge is 0.00920 e. The highest BCUT2D eigenvalue weighted by Crippen LogP contribution is 2.40. The number of fused-ring (bicyclic) bond motifs is 2. The van der Waals surface area contributed by atoms with Gasteiger partial charge in [-0.3, -0.25) is 0 Å². The van der Waals surface area contributed by atoms with Crippen LogP contribution in [0.2, 0.25) is 0 Å². The number of hydrogen-bond acceptors (Lipinski definition) is 0. The van der Waals surface area contributed by atoms with Crippen LogP contribution in [-0.2, 0) is 0 Å². The van der Waals surface area contributed by atoms with Crippen molar-refractivity contribution in [1.29, 1.82) is 0 Å². The Morgan fingerprint density at radius 3 is 1.68 bits per heavy atom. The first-order valence-electron chi connectivity index (χ1n) is 9.25. The quantitative estimate of drug-likeness (QED) is 0.370. The van der Waals surface area contributed by atoms with E-state index in [4.69, 9.17) is 0 Å². The summed E-state index contributed by atoms with van der Waals surface area (Å²) in [6, 6.07) is 31.0. The molecule has 0 aliphatic heterocycles. The van der Waals surface area contributed by atoms with Crippen molar-refractivity contribution < 1.29 is 0 Å². The predicted octanol–water partition coefficient (Wildman–Crippen LogP) is 7.29. The molecule has 4 rings (SSSR count). The third-order valence-electron chi connectivity index (χ3n) is 5.58. The Bertz CT molecular complexity index is 1000. The average molecular weight is 324 g/mol. The lowest BCUT2D eigenvalue weighted by molar-refractivity contribution is 0.566. The second-order valence-corrected chi connectivity index (χ2v) is 6.94. The summed E-state index contributed by atoms with van der Waals surface area (Å²) >= 11 is 0. The first-order valence-corrected chi connectivity index (χ1v) is 9.25. The van der Waals surface area contributed by atoms with Crippen LogP contribution in [0.25, 0.3) is 21.5 Å². The van der Waals surface area contributed by atoms with E-state index in [0.29, 0.717) is 11.8 Å². The van der Waals surface area contributed by atoms with Crippen molar-refractivity contribution in [2.45, 2.75) is 32.1 Å². The van der Waals surface area contributed by atoms with Crippen molar-refractivity contribution in [3.8, 4) is 0 Å². The summed E-state index contributed by atoms with van der Waals surface area (Å²) in [6.07, 6.45) is 1.14. The summed E-state index contributed by atoms with van der Waals surface area (Å²) in [5.74, 6) is 0.985. The molecule has 0 heteroatoms. The first-order chi connectivity index (χ1) is 12.3. The second-order valence-electron chi connectivity index (χ2n) is 6.94. The van der Waals surface area contributed by atoms with Gasteiger partial charge >= 0.3 is 0 Å². The van der Waals surface area contributed by atoms with Crippen LogP contribution < -0.4 is 0 Å². The topological polar surface area (TPSA) is 0 Å². The molecular weight excluding hydrogens is 300 g/mol. The van der Waals surface area contributed by atoms with E-state index in [-0.39, 0.29) is 0 Å². The van der Waals surface area contributed by atoms with Gasteiger partial charge in [0.15, 0.2) is 0 Å². The molecule has 2 atom stereocenters. The van der Waals surface area contributed by atoms with E-state index in [1.807, 2.05) is 0 Å². The fourth-order valence-corrected chi connectivity index (χ4v) is 4.28. The minimum atomic E-state index is 0.474. The highest BCUT2D eigenvalue weighted by molar-refractivity contribution is 5.88. The average Bonchev–Trinajstić information content (AvgIpc) is 2.68. The van der Waals surface area contributed by atoms with Gasteiger partial charge in [-0.05, 0) is 50.9 Å². The van der Waals surface area contributed by atoms with Gasteiger partial charge in [-0.2, -0.15) is 0 Å². The lowest BCUT2D eigenvalue weighted by Gasteiger charge is -2.26. The molecule has 0 aliphatic carbocycles. The lowest BCUT2D eigenvalue weighted by atomic mass is 9.78. The number of rotatable bonds is 4. The maximum atomic E-state index is 2.39. The molecule has 0 nitrogen and oxygen atoms in total.